The van der Waals surface area contributed by atoms with Gasteiger partial charge in [0.25, 0.3) is 0 Å². The van der Waals surface area contributed by atoms with Crippen molar-refractivity contribution in [3.05, 3.63) is 54.3 Å². The van der Waals surface area contributed by atoms with Crippen LogP contribution in [-0.4, -0.2) is 19.5 Å². The molecule has 0 heterocycles. The predicted octanol–water partition coefficient (Wildman–Crippen LogP) is 2.48. The maximum absolute atomic E-state index is 13.1. The van der Waals surface area contributed by atoms with Crippen LogP contribution >= 0.6 is 0 Å². The van der Waals surface area contributed by atoms with E-state index in [2.05, 4.69) is 5.32 Å². The minimum atomic E-state index is -0.331. The number of nitrogens with zero attached hydrogens (tertiary/aromatic N) is 1. The molecule has 104 valence electrons. The summed E-state index contributed by atoms with van der Waals surface area (Å²) in [5, 5.41) is 2.73. The molecule has 0 aromatic heterocycles. The van der Waals surface area contributed by atoms with Gasteiger partial charge in [-0.15, -0.1) is 0 Å². The fourth-order valence-corrected chi connectivity index (χ4v) is 1.82. The quantitative estimate of drug-likeness (QED) is 0.841. The summed E-state index contributed by atoms with van der Waals surface area (Å²) in [6.07, 6.45) is 0. The number of amides is 1. The van der Waals surface area contributed by atoms with Crippen LogP contribution in [0.4, 0.5) is 21.5 Å². The second kappa shape index (κ2) is 6.06. The van der Waals surface area contributed by atoms with E-state index < -0.39 is 0 Å². The molecule has 0 saturated heterocycles. The summed E-state index contributed by atoms with van der Waals surface area (Å²) in [4.78, 5) is 13.6. The zero-order chi connectivity index (χ0) is 14.5. The second-order valence-electron chi connectivity index (χ2n) is 4.47. The number of rotatable bonds is 4. The molecule has 0 radical (unpaired) electrons. The molecular formula is C15H16FN3O. The van der Waals surface area contributed by atoms with E-state index in [1.165, 1.54) is 12.1 Å². The molecule has 0 fully saturated rings. The maximum atomic E-state index is 13.1. The van der Waals surface area contributed by atoms with Gasteiger partial charge in [-0.05, 0) is 30.3 Å². The number of para-hydroxylation sites is 2. The number of nitrogen functional groups attached to an aromatic ring is 1. The van der Waals surface area contributed by atoms with Gasteiger partial charge in [0, 0.05) is 12.7 Å². The summed E-state index contributed by atoms with van der Waals surface area (Å²) in [6, 6.07) is 13.1. The molecule has 2 aromatic carbocycles. The van der Waals surface area contributed by atoms with Crippen LogP contribution in [0.5, 0.6) is 0 Å². The molecule has 5 heteroatoms. The molecule has 0 unspecified atom stereocenters. The predicted molar refractivity (Wildman–Crippen MR) is 79.2 cm³/mol. The Labute approximate surface area is 117 Å². The van der Waals surface area contributed by atoms with Crippen LogP contribution in [0.15, 0.2) is 48.5 Å². The lowest BCUT2D eigenvalue weighted by Crippen LogP contribution is -2.30. The molecule has 0 aliphatic rings. The van der Waals surface area contributed by atoms with E-state index in [1.54, 1.807) is 48.3 Å². The van der Waals surface area contributed by atoms with E-state index in [0.29, 0.717) is 17.1 Å². The smallest absolute Gasteiger partial charge is 0.243 e. The molecule has 20 heavy (non-hydrogen) atoms. The number of hydrogen-bond acceptors (Lipinski definition) is 3. The second-order valence-corrected chi connectivity index (χ2v) is 4.47. The third kappa shape index (κ3) is 3.47. The highest BCUT2D eigenvalue weighted by Gasteiger charge is 2.09. The van der Waals surface area contributed by atoms with E-state index in [0.717, 1.165) is 0 Å². The number of likely N-dealkylation sites (N-methyl/N-ethyl adjacent to an activating group) is 1. The highest BCUT2D eigenvalue weighted by atomic mass is 19.1. The van der Waals surface area contributed by atoms with Gasteiger partial charge < -0.3 is 16.0 Å². The number of carbonyl (C=O) groups is 1. The standard InChI is InChI=1S/C15H16FN3O/c1-19(12-6-4-5-11(16)9-12)10-15(20)18-14-8-3-2-7-13(14)17/h2-9H,10,17H2,1H3,(H,18,20). The van der Waals surface area contributed by atoms with Crippen LogP contribution in [-0.2, 0) is 4.79 Å². The maximum Gasteiger partial charge on any atom is 0.243 e. The topological polar surface area (TPSA) is 58.4 Å². The van der Waals surface area contributed by atoms with Crippen molar-refractivity contribution in [3.8, 4) is 0 Å². The average Bonchev–Trinajstić information content (AvgIpc) is 2.41. The van der Waals surface area contributed by atoms with Crippen LogP contribution in [0.1, 0.15) is 0 Å². The molecule has 0 aliphatic carbocycles. The Kier molecular flexibility index (Phi) is 4.20. The Morgan fingerprint density at radius 2 is 2.00 bits per heavy atom. The number of benzene rings is 2. The van der Waals surface area contributed by atoms with Gasteiger partial charge in [0.1, 0.15) is 5.82 Å². The molecule has 0 atom stereocenters. The molecular weight excluding hydrogens is 257 g/mol. The number of nitrogens with two attached hydrogens (primary N) is 1. The van der Waals surface area contributed by atoms with Crippen LogP contribution < -0.4 is 16.0 Å². The largest absolute Gasteiger partial charge is 0.397 e. The van der Waals surface area contributed by atoms with E-state index in [9.17, 15) is 9.18 Å². The van der Waals surface area contributed by atoms with Crippen LogP contribution in [0.2, 0.25) is 0 Å². The van der Waals surface area contributed by atoms with E-state index in [4.69, 9.17) is 5.73 Å². The lowest BCUT2D eigenvalue weighted by molar-refractivity contribution is -0.114. The van der Waals surface area contributed by atoms with Crippen molar-refractivity contribution in [1.82, 2.24) is 0 Å². The van der Waals surface area contributed by atoms with Crippen LogP contribution in [0.25, 0.3) is 0 Å². The van der Waals surface area contributed by atoms with Crippen molar-refractivity contribution in [2.24, 2.45) is 0 Å². The minimum absolute atomic E-state index is 0.109. The van der Waals surface area contributed by atoms with Crippen LogP contribution in [0.3, 0.4) is 0 Å². The van der Waals surface area contributed by atoms with Crippen molar-refractivity contribution in [3.63, 3.8) is 0 Å². The Bertz CT molecular complexity index is 616. The number of carbonyl (C=O) groups excluding carboxylic acids is 1. The summed E-state index contributed by atoms with van der Waals surface area (Å²) in [5.74, 6) is -0.545. The molecule has 2 rings (SSSR count). The van der Waals surface area contributed by atoms with Gasteiger partial charge in [-0.25, -0.2) is 4.39 Å². The lowest BCUT2D eigenvalue weighted by atomic mass is 10.2. The third-order valence-corrected chi connectivity index (χ3v) is 2.86. The number of nitrogens with one attached hydrogen (secondary N) is 1. The number of anilines is 3. The Morgan fingerprint density at radius 3 is 2.70 bits per heavy atom. The third-order valence-electron chi connectivity index (χ3n) is 2.86. The normalized spacial score (nSPS) is 10.1. The summed E-state index contributed by atoms with van der Waals surface area (Å²) in [7, 11) is 1.72. The van der Waals surface area contributed by atoms with Crippen molar-refractivity contribution in [2.75, 3.05) is 29.5 Å². The molecule has 0 spiro atoms. The van der Waals surface area contributed by atoms with Crippen LogP contribution in [0, 0.1) is 5.82 Å². The molecule has 0 aliphatic heterocycles. The van der Waals surface area contributed by atoms with Gasteiger partial charge in [0.15, 0.2) is 0 Å². The Balaban J connectivity index is 2.00. The zero-order valence-corrected chi connectivity index (χ0v) is 11.1. The summed E-state index contributed by atoms with van der Waals surface area (Å²) >= 11 is 0. The highest BCUT2D eigenvalue weighted by molar-refractivity contribution is 5.96. The van der Waals surface area contributed by atoms with Gasteiger partial charge in [0.05, 0.1) is 17.9 Å². The highest BCUT2D eigenvalue weighted by Crippen LogP contribution is 2.17. The lowest BCUT2D eigenvalue weighted by Gasteiger charge is -2.19. The SMILES string of the molecule is CN(CC(=O)Nc1ccccc1N)c1cccc(F)c1. The summed E-state index contributed by atoms with van der Waals surface area (Å²) in [5.41, 5.74) is 7.48. The first-order chi connectivity index (χ1) is 9.56. The first kappa shape index (κ1) is 13.9. The summed E-state index contributed by atoms with van der Waals surface area (Å²) < 4.78 is 13.1. The molecule has 2 aromatic rings. The minimum Gasteiger partial charge on any atom is -0.397 e. The number of halogens is 1. The average molecular weight is 273 g/mol. The first-order valence-electron chi connectivity index (χ1n) is 6.17. The Hall–Kier alpha value is -2.56. The zero-order valence-electron chi connectivity index (χ0n) is 11.1. The molecule has 0 bridgehead atoms. The van der Waals surface area contributed by atoms with E-state index in [-0.39, 0.29) is 18.3 Å². The van der Waals surface area contributed by atoms with Gasteiger partial charge in [-0.3, -0.25) is 4.79 Å². The van der Waals surface area contributed by atoms with Crippen molar-refractivity contribution >= 4 is 23.0 Å². The van der Waals surface area contributed by atoms with E-state index >= 15 is 0 Å². The van der Waals surface area contributed by atoms with Crippen molar-refractivity contribution < 1.29 is 9.18 Å². The molecule has 3 N–H and O–H groups in total. The summed E-state index contributed by atoms with van der Waals surface area (Å²) in [6.45, 7) is 0.109. The monoisotopic (exact) mass is 273 g/mol. The first-order valence-corrected chi connectivity index (χ1v) is 6.17. The molecule has 0 saturated carbocycles. The van der Waals surface area contributed by atoms with Crippen molar-refractivity contribution in [2.45, 2.75) is 0 Å². The van der Waals surface area contributed by atoms with Gasteiger partial charge in [-0.1, -0.05) is 18.2 Å². The van der Waals surface area contributed by atoms with Gasteiger partial charge in [0.2, 0.25) is 5.91 Å². The number of hydrogen-bond donors (Lipinski definition) is 2. The van der Waals surface area contributed by atoms with Gasteiger partial charge >= 0.3 is 0 Å². The molecule has 4 nitrogen and oxygen atoms in total. The molecule has 1 amide bonds. The fraction of sp³-hybridized carbons (Fsp3) is 0.133. The Morgan fingerprint density at radius 1 is 1.25 bits per heavy atom. The van der Waals surface area contributed by atoms with Crippen molar-refractivity contribution in [1.29, 1.82) is 0 Å². The fourth-order valence-electron chi connectivity index (χ4n) is 1.82. The van der Waals surface area contributed by atoms with Gasteiger partial charge in [-0.2, -0.15) is 0 Å². The van der Waals surface area contributed by atoms with E-state index in [1.807, 2.05) is 0 Å².